The molecule has 0 saturated carbocycles. The molecule has 0 aliphatic carbocycles. The van der Waals surface area contributed by atoms with Gasteiger partial charge in [0.2, 0.25) is 0 Å². The number of amides is 1. The van der Waals surface area contributed by atoms with E-state index in [0.29, 0.717) is 11.6 Å². The maximum atomic E-state index is 12.3. The zero-order valence-corrected chi connectivity index (χ0v) is 24.1. The van der Waals surface area contributed by atoms with Crippen LogP contribution in [-0.2, 0) is 36.6 Å². The smallest absolute Gasteiger partial charge is 0.408 e. The van der Waals surface area contributed by atoms with Crippen LogP contribution in [0.15, 0.2) is 23.6 Å². The molecule has 206 valence electrons. The van der Waals surface area contributed by atoms with Crippen LogP contribution in [0, 0.1) is 12.3 Å². The van der Waals surface area contributed by atoms with Crippen molar-refractivity contribution in [3.63, 3.8) is 0 Å². The summed E-state index contributed by atoms with van der Waals surface area (Å²) in [6, 6.07) is 5.21. The summed E-state index contributed by atoms with van der Waals surface area (Å²) < 4.78 is 15.4. The molecule has 0 bridgehead atoms. The third-order valence-corrected chi connectivity index (χ3v) is 6.72. The number of carbonyl (C=O) groups is 3. The number of H-pyrrole nitrogens is 1. The van der Waals surface area contributed by atoms with Gasteiger partial charge in [-0.3, -0.25) is 4.79 Å². The largest absolute Gasteiger partial charge is 0.467 e. The maximum Gasteiger partial charge on any atom is 0.408 e. The van der Waals surface area contributed by atoms with Crippen LogP contribution in [0.1, 0.15) is 57.8 Å². The second-order valence-electron chi connectivity index (χ2n) is 11.2. The Labute approximate surface area is 227 Å². The van der Waals surface area contributed by atoms with E-state index in [1.54, 1.807) is 20.8 Å². The van der Waals surface area contributed by atoms with Gasteiger partial charge in [-0.15, -0.1) is 11.3 Å². The van der Waals surface area contributed by atoms with Gasteiger partial charge >= 0.3 is 18.0 Å². The Morgan fingerprint density at radius 1 is 1.16 bits per heavy atom. The second-order valence-corrected chi connectivity index (χ2v) is 12.1. The van der Waals surface area contributed by atoms with Crippen LogP contribution in [0.25, 0.3) is 22.2 Å². The molecule has 0 fully saturated rings. The number of carbonyl (C=O) groups excluding carboxylic acids is 3. The van der Waals surface area contributed by atoms with Crippen molar-refractivity contribution in [1.82, 2.24) is 15.3 Å². The number of benzene rings is 1. The van der Waals surface area contributed by atoms with Crippen molar-refractivity contribution in [3.05, 3.63) is 39.8 Å². The highest BCUT2D eigenvalue weighted by Crippen LogP contribution is 2.33. The Morgan fingerprint density at radius 2 is 1.87 bits per heavy atom. The van der Waals surface area contributed by atoms with Crippen molar-refractivity contribution in [3.8, 4) is 11.3 Å². The Morgan fingerprint density at radius 3 is 2.50 bits per heavy atom. The molecule has 3 rings (SSSR count). The molecular formula is C28H37N3O6S. The predicted molar refractivity (Wildman–Crippen MR) is 147 cm³/mol. The second kappa shape index (κ2) is 11.6. The van der Waals surface area contributed by atoms with Crippen LogP contribution in [0.4, 0.5) is 4.79 Å². The van der Waals surface area contributed by atoms with Gasteiger partial charge in [0, 0.05) is 46.3 Å². The lowest BCUT2D eigenvalue weighted by molar-refractivity contribution is -0.144. The van der Waals surface area contributed by atoms with Gasteiger partial charge < -0.3 is 24.5 Å². The number of thiazole rings is 1. The highest BCUT2D eigenvalue weighted by atomic mass is 32.1. The summed E-state index contributed by atoms with van der Waals surface area (Å²) in [6.45, 7) is 13.2. The molecule has 1 atom stereocenters. The Hall–Kier alpha value is -3.40. The minimum Gasteiger partial charge on any atom is -0.467 e. The SMILES string of the molecule is COC(=O)C(Cc1nc(-c2ccc3[nH]c(C)c(CC(C)(C)COC(C)=O)c3c2)cs1)NC(=O)OC(C)(C)C. The van der Waals surface area contributed by atoms with Gasteiger partial charge in [-0.05, 0) is 51.8 Å². The lowest BCUT2D eigenvalue weighted by Crippen LogP contribution is -2.45. The zero-order valence-electron chi connectivity index (χ0n) is 23.3. The number of rotatable bonds is 9. The summed E-state index contributed by atoms with van der Waals surface area (Å²) >= 11 is 1.41. The summed E-state index contributed by atoms with van der Waals surface area (Å²) in [5.74, 6) is -0.857. The molecule has 0 aliphatic heterocycles. The first kappa shape index (κ1) is 29.2. The van der Waals surface area contributed by atoms with Gasteiger partial charge in [0.05, 0.1) is 24.4 Å². The number of ether oxygens (including phenoxy) is 3. The number of alkyl carbamates (subject to hydrolysis) is 1. The highest BCUT2D eigenvalue weighted by molar-refractivity contribution is 7.10. The summed E-state index contributed by atoms with van der Waals surface area (Å²) in [4.78, 5) is 44.1. The number of esters is 2. The number of aromatic nitrogens is 2. The molecule has 1 unspecified atom stereocenters. The van der Waals surface area contributed by atoms with Crippen LogP contribution >= 0.6 is 11.3 Å². The fourth-order valence-corrected chi connectivity index (χ4v) is 4.94. The van der Waals surface area contributed by atoms with E-state index < -0.39 is 23.7 Å². The lowest BCUT2D eigenvalue weighted by atomic mass is 9.85. The fourth-order valence-electron chi connectivity index (χ4n) is 4.09. The van der Waals surface area contributed by atoms with E-state index in [-0.39, 0.29) is 17.8 Å². The molecule has 9 nitrogen and oxygen atoms in total. The van der Waals surface area contributed by atoms with Crippen LogP contribution < -0.4 is 5.32 Å². The third kappa shape index (κ3) is 7.80. The monoisotopic (exact) mass is 543 g/mol. The highest BCUT2D eigenvalue weighted by Gasteiger charge is 2.27. The van der Waals surface area contributed by atoms with Crippen molar-refractivity contribution in [2.24, 2.45) is 5.41 Å². The van der Waals surface area contributed by atoms with Gasteiger partial charge in [-0.1, -0.05) is 19.9 Å². The van der Waals surface area contributed by atoms with E-state index in [2.05, 4.69) is 30.2 Å². The number of hydrogen-bond donors (Lipinski definition) is 2. The van der Waals surface area contributed by atoms with E-state index in [1.807, 2.05) is 24.4 Å². The molecule has 10 heteroatoms. The van der Waals surface area contributed by atoms with E-state index in [1.165, 1.54) is 30.9 Å². The average molecular weight is 544 g/mol. The number of hydrogen-bond acceptors (Lipinski definition) is 8. The predicted octanol–water partition coefficient (Wildman–Crippen LogP) is 5.34. The number of fused-ring (bicyclic) bond motifs is 1. The van der Waals surface area contributed by atoms with Gasteiger partial charge in [-0.2, -0.15) is 0 Å². The lowest BCUT2D eigenvalue weighted by Gasteiger charge is -2.24. The number of nitrogens with zero attached hydrogens (tertiary/aromatic N) is 1. The molecule has 0 radical (unpaired) electrons. The number of methoxy groups -OCH3 is 1. The maximum absolute atomic E-state index is 12.3. The van der Waals surface area contributed by atoms with Gasteiger partial charge in [0.15, 0.2) is 0 Å². The molecule has 0 aliphatic rings. The van der Waals surface area contributed by atoms with E-state index in [0.717, 1.165) is 34.3 Å². The first-order valence-corrected chi connectivity index (χ1v) is 13.3. The van der Waals surface area contributed by atoms with Crippen LogP contribution in [0.5, 0.6) is 0 Å². The minimum atomic E-state index is -0.922. The summed E-state index contributed by atoms with van der Waals surface area (Å²) in [5.41, 5.74) is 4.04. The normalized spacial score (nSPS) is 12.7. The van der Waals surface area contributed by atoms with Crippen LogP contribution in [0.2, 0.25) is 0 Å². The Bertz CT molecular complexity index is 1320. The molecule has 3 aromatic rings. The first-order valence-electron chi connectivity index (χ1n) is 12.4. The Balaban J connectivity index is 1.83. The van der Waals surface area contributed by atoms with Gasteiger partial charge in [0.25, 0.3) is 0 Å². The molecule has 2 aromatic heterocycles. The number of aryl methyl sites for hydroxylation is 1. The van der Waals surface area contributed by atoms with Gasteiger partial charge in [0.1, 0.15) is 11.6 Å². The Kier molecular flexibility index (Phi) is 8.86. The molecule has 1 amide bonds. The van der Waals surface area contributed by atoms with E-state index in [4.69, 9.17) is 19.2 Å². The molecule has 38 heavy (non-hydrogen) atoms. The zero-order chi connectivity index (χ0) is 28.3. The average Bonchev–Trinajstić information content (AvgIpc) is 3.39. The van der Waals surface area contributed by atoms with E-state index in [9.17, 15) is 14.4 Å². The van der Waals surface area contributed by atoms with Crippen molar-refractivity contribution in [1.29, 1.82) is 0 Å². The summed E-state index contributed by atoms with van der Waals surface area (Å²) in [5, 5.41) is 6.29. The molecule has 1 aromatic carbocycles. The van der Waals surface area contributed by atoms with E-state index >= 15 is 0 Å². The third-order valence-electron chi connectivity index (χ3n) is 5.84. The molecular weight excluding hydrogens is 506 g/mol. The first-order chi connectivity index (χ1) is 17.7. The quantitative estimate of drug-likeness (QED) is 0.276. The molecule has 2 heterocycles. The molecule has 2 N–H and O–H groups in total. The standard InChI is InChI=1S/C28H37N3O6S/c1-16-20(13-28(6,7)15-36-17(2)32)19-11-18(9-10-21(19)29-16)23-14-38-24(30-23)12-22(25(33)35-8)31-26(34)37-27(3,4)5/h9-11,14,22,29H,12-13,15H2,1-8H3,(H,31,34). The minimum absolute atomic E-state index is 0.178. The summed E-state index contributed by atoms with van der Waals surface area (Å²) in [7, 11) is 1.28. The summed E-state index contributed by atoms with van der Waals surface area (Å²) in [6.07, 6.45) is 0.217. The van der Waals surface area contributed by atoms with Crippen LogP contribution in [-0.4, -0.2) is 53.4 Å². The number of aromatic amines is 1. The number of nitrogens with one attached hydrogen (secondary N) is 2. The molecule has 0 spiro atoms. The van der Waals surface area contributed by atoms with Crippen molar-refractivity contribution >= 4 is 40.3 Å². The molecule has 0 saturated heterocycles. The van der Waals surface area contributed by atoms with Gasteiger partial charge in [-0.25, -0.2) is 14.6 Å². The fraction of sp³-hybridized carbons (Fsp3) is 0.500. The van der Waals surface area contributed by atoms with Crippen molar-refractivity contribution in [2.75, 3.05) is 13.7 Å². The van der Waals surface area contributed by atoms with Crippen molar-refractivity contribution < 1.29 is 28.6 Å². The van der Waals surface area contributed by atoms with Crippen LogP contribution in [0.3, 0.4) is 0 Å². The van der Waals surface area contributed by atoms with Crippen molar-refractivity contribution in [2.45, 2.75) is 73.0 Å². The topological polar surface area (TPSA) is 120 Å².